The summed E-state index contributed by atoms with van der Waals surface area (Å²) in [7, 11) is 0. The fourth-order valence-corrected chi connectivity index (χ4v) is 1.31. The molecule has 14 heavy (non-hydrogen) atoms. The normalized spacial score (nSPS) is 12.2. The van der Waals surface area contributed by atoms with Gasteiger partial charge in [-0.05, 0) is 13.0 Å². The smallest absolute Gasteiger partial charge is 0.215 e. The molecule has 0 aliphatic rings. The molecule has 2 N–H and O–H groups in total. The number of benzene rings is 1. The van der Waals surface area contributed by atoms with E-state index in [9.17, 15) is 5.11 Å². The molecule has 0 saturated heterocycles. The molecular formula is C10H12ClNO2. The maximum absolute atomic E-state index is 9.67. The van der Waals surface area contributed by atoms with Gasteiger partial charge in [0.25, 0.3) is 0 Å². The Labute approximate surface area is 87.8 Å². The first-order valence-electron chi connectivity index (χ1n) is 4.30. The first-order valence-corrected chi connectivity index (χ1v) is 4.68. The van der Waals surface area contributed by atoms with Crippen molar-refractivity contribution in [3.8, 4) is 0 Å². The quantitative estimate of drug-likeness (QED) is 0.598. The van der Waals surface area contributed by atoms with Gasteiger partial charge >= 0.3 is 0 Å². The predicted octanol–water partition coefficient (Wildman–Crippen LogP) is 2.39. The van der Waals surface area contributed by atoms with Gasteiger partial charge in [0.1, 0.15) is 0 Å². The second-order valence-corrected chi connectivity index (χ2v) is 3.13. The standard InChI is InChI=1S/C10H12ClNO2/c1-2-14-10(12)9(13)7-5-3-4-6-8(7)11/h3-6,9,12-13H,2H2,1H3/t9-/m1/s1. The van der Waals surface area contributed by atoms with E-state index < -0.39 is 6.10 Å². The molecule has 0 saturated carbocycles. The minimum atomic E-state index is -1.08. The fraction of sp³-hybridized carbons (Fsp3) is 0.300. The van der Waals surface area contributed by atoms with Gasteiger partial charge in [0.05, 0.1) is 6.61 Å². The summed E-state index contributed by atoms with van der Waals surface area (Å²) in [5.41, 5.74) is 0.493. The van der Waals surface area contributed by atoms with Gasteiger partial charge in [-0.1, -0.05) is 29.8 Å². The third-order valence-corrected chi connectivity index (χ3v) is 2.09. The Kier molecular flexibility index (Phi) is 3.92. The van der Waals surface area contributed by atoms with E-state index in [-0.39, 0.29) is 5.90 Å². The first-order chi connectivity index (χ1) is 6.66. The molecule has 0 unspecified atom stereocenters. The lowest BCUT2D eigenvalue weighted by molar-refractivity contribution is 0.190. The summed E-state index contributed by atoms with van der Waals surface area (Å²) in [4.78, 5) is 0. The van der Waals surface area contributed by atoms with Crippen molar-refractivity contribution < 1.29 is 9.84 Å². The van der Waals surface area contributed by atoms with Crippen molar-refractivity contribution in [2.24, 2.45) is 0 Å². The Balaban J connectivity index is 2.84. The second-order valence-electron chi connectivity index (χ2n) is 2.72. The Morgan fingerprint density at radius 3 is 2.79 bits per heavy atom. The Morgan fingerprint density at radius 1 is 1.57 bits per heavy atom. The van der Waals surface area contributed by atoms with Crippen molar-refractivity contribution in [1.82, 2.24) is 0 Å². The molecule has 4 heteroatoms. The average Bonchev–Trinajstić information content (AvgIpc) is 2.18. The second kappa shape index (κ2) is 4.98. The van der Waals surface area contributed by atoms with Crippen LogP contribution in [0.25, 0.3) is 0 Å². The Morgan fingerprint density at radius 2 is 2.21 bits per heavy atom. The number of aliphatic hydroxyl groups is 1. The van der Waals surface area contributed by atoms with Crippen LogP contribution >= 0.6 is 11.6 Å². The molecule has 1 atom stereocenters. The number of nitrogens with one attached hydrogen (secondary N) is 1. The molecular weight excluding hydrogens is 202 g/mol. The van der Waals surface area contributed by atoms with Crippen LogP contribution < -0.4 is 0 Å². The lowest BCUT2D eigenvalue weighted by Crippen LogP contribution is -2.14. The molecule has 0 bridgehead atoms. The minimum Gasteiger partial charge on any atom is -0.479 e. The van der Waals surface area contributed by atoms with E-state index in [0.717, 1.165) is 0 Å². The van der Waals surface area contributed by atoms with E-state index in [1.165, 1.54) is 0 Å². The number of hydrogen-bond acceptors (Lipinski definition) is 3. The number of ether oxygens (including phenoxy) is 1. The summed E-state index contributed by atoms with van der Waals surface area (Å²) >= 11 is 5.85. The lowest BCUT2D eigenvalue weighted by Gasteiger charge is -2.13. The van der Waals surface area contributed by atoms with E-state index in [1.54, 1.807) is 31.2 Å². The number of hydrogen-bond donors (Lipinski definition) is 2. The van der Waals surface area contributed by atoms with Gasteiger partial charge in [0.2, 0.25) is 5.90 Å². The summed E-state index contributed by atoms with van der Waals surface area (Å²) < 4.78 is 4.89. The molecule has 0 amide bonds. The molecule has 0 aliphatic carbocycles. The first kappa shape index (κ1) is 11.0. The van der Waals surface area contributed by atoms with Crippen LogP contribution in [0.1, 0.15) is 18.6 Å². The fourth-order valence-electron chi connectivity index (χ4n) is 1.07. The average molecular weight is 214 g/mol. The molecule has 1 aromatic carbocycles. The maximum Gasteiger partial charge on any atom is 0.215 e. The number of aliphatic hydroxyl groups excluding tert-OH is 1. The highest BCUT2D eigenvalue weighted by atomic mass is 35.5. The summed E-state index contributed by atoms with van der Waals surface area (Å²) in [5.74, 6) is -0.180. The van der Waals surface area contributed by atoms with Crippen molar-refractivity contribution in [2.75, 3.05) is 6.61 Å². The van der Waals surface area contributed by atoms with Gasteiger partial charge in [0, 0.05) is 10.6 Å². The largest absolute Gasteiger partial charge is 0.479 e. The molecule has 0 spiro atoms. The van der Waals surface area contributed by atoms with Crippen LogP contribution in [0.5, 0.6) is 0 Å². The summed E-state index contributed by atoms with van der Waals surface area (Å²) in [5, 5.41) is 17.5. The summed E-state index contributed by atoms with van der Waals surface area (Å²) in [6.45, 7) is 2.12. The number of rotatable bonds is 3. The summed E-state index contributed by atoms with van der Waals surface area (Å²) in [6, 6.07) is 6.85. The van der Waals surface area contributed by atoms with Crippen LogP contribution in [0.15, 0.2) is 24.3 Å². The SMILES string of the molecule is CCOC(=N)[C@H](O)c1ccccc1Cl. The van der Waals surface area contributed by atoms with Gasteiger partial charge in [-0.3, -0.25) is 5.41 Å². The van der Waals surface area contributed by atoms with Gasteiger partial charge in [0.15, 0.2) is 6.10 Å². The van der Waals surface area contributed by atoms with Gasteiger partial charge in [-0.15, -0.1) is 0 Å². The van der Waals surface area contributed by atoms with Crippen molar-refractivity contribution in [3.05, 3.63) is 34.9 Å². The van der Waals surface area contributed by atoms with Gasteiger partial charge < -0.3 is 9.84 Å². The van der Waals surface area contributed by atoms with Gasteiger partial charge in [-0.2, -0.15) is 0 Å². The minimum absolute atomic E-state index is 0.180. The van der Waals surface area contributed by atoms with Crippen LogP contribution in [0.4, 0.5) is 0 Å². The third-order valence-electron chi connectivity index (χ3n) is 1.75. The van der Waals surface area contributed by atoms with E-state index in [2.05, 4.69) is 0 Å². The molecule has 3 nitrogen and oxygen atoms in total. The zero-order valence-corrected chi connectivity index (χ0v) is 8.58. The van der Waals surface area contributed by atoms with Crippen molar-refractivity contribution >= 4 is 17.5 Å². The molecule has 0 heterocycles. The molecule has 1 rings (SSSR count). The van der Waals surface area contributed by atoms with Crippen LogP contribution in [-0.2, 0) is 4.74 Å². The van der Waals surface area contributed by atoms with Crippen LogP contribution in [0, 0.1) is 5.41 Å². The highest BCUT2D eigenvalue weighted by Gasteiger charge is 2.16. The van der Waals surface area contributed by atoms with Crippen molar-refractivity contribution in [2.45, 2.75) is 13.0 Å². The maximum atomic E-state index is 9.67. The zero-order valence-electron chi connectivity index (χ0n) is 7.83. The Hall–Kier alpha value is -1.06. The summed E-state index contributed by atoms with van der Waals surface area (Å²) in [6.07, 6.45) is -1.08. The van der Waals surface area contributed by atoms with Crippen molar-refractivity contribution in [3.63, 3.8) is 0 Å². The Bertz CT molecular complexity index is 328. The number of halogens is 1. The van der Waals surface area contributed by atoms with E-state index in [4.69, 9.17) is 21.7 Å². The molecule has 76 valence electrons. The molecule has 0 aromatic heterocycles. The topological polar surface area (TPSA) is 53.3 Å². The zero-order chi connectivity index (χ0) is 10.6. The molecule has 0 fully saturated rings. The van der Waals surface area contributed by atoms with Crippen LogP contribution in [-0.4, -0.2) is 17.6 Å². The monoisotopic (exact) mass is 213 g/mol. The van der Waals surface area contributed by atoms with E-state index in [1.807, 2.05) is 0 Å². The van der Waals surface area contributed by atoms with E-state index >= 15 is 0 Å². The van der Waals surface area contributed by atoms with Crippen molar-refractivity contribution in [1.29, 1.82) is 5.41 Å². The molecule has 0 aliphatic heterocycles. The molecule has 0 radical (unpaired) electrons. The lowest BCUT2D eigenvalue weighted by atomic mass is 10.1. The van der Waals surface area contributed by atoms with Crippen LogP contribution in [0.3, 0.4) is 0 Å². The van der Waals surface area contributed by atoms with Gasteiger partial charge in [-0.25, -0.2) is 0 Å². The van der Waals surface area contributed by atoms with Crippen LogP contribution in [0.2, 0.25) is 5.02 Å². The predicted molar refractivity (Wildman–Crippen MR) is 55.8 cm³/mol. The highest BCUT2D eigenvalue weighted by molar-refractivity contribution is 6.31. The highest BCUT2D eigenvalue weighted by Crippen LogP contribution is 2.23. The molecule has 1 aromatic rings. The third kappa shape index (κ3) is 2.47. The van der Waals surface area contributed by atoms with E-state index in [0.29, 0.717) is 17.2 Å².